The molecule has 2 amide bonds. The molecule has 0 radical (unpaired) electrons. The molecule has 0 bridgehead atoms. The number of nitrogens with zero attached hydrogens (tertiary/aromatic N) is 1. The lowest BCUT2D eigenvalue weighted by Crippen LogP contribution is -2.37. The van der Waals surface area contributed by atoms with Gasteiger partial charge in [0, 0.05) is 38.1 Å². The zero-order valence-corrected chi connectivity index (χ0v) is 14.5. The highest BCUT2D eigenvalue weighted by molar-refractivity contribution is 6.35. The molecule has 0 spiro atoms. The van der Waals surface area contributed by atoms with Crippen LogP contribution in [0.4, 0.5) is 5.69 Å². The molecule has 1 atom stereocenters. The van der Waals surface area contributed by atoms with Crippen molar-refractivity contribution in [2.75, 3.05) is 25.0 Å². The molecule has 126 valence electrons. The zero-order valence-electron chi connectivity index (χ0n) is 13.0. The first-order chi connectivity index (χ1) is 11.0. The number of hydrogen-bond donors (Lipinski definition) is 1. The van der Waals surface area contributed by atoms with Crippen molar-refractivity contribution in [2.45, 2.75) is 32.3 Å². The average Bonchev–Trinajstić information content (AvgIpc) is 3.00. The molecule has 1 heterocycles. The summed E-state index contributed by atoms with van der Waals surface area (Å²) in [4.78, 5) is 25.4. The summed E-state index contributed by atoms with van der Waals surface area (Å²) >= 11 is 11.9. The van der Waals surface area contributed by atoms with Gasteiger partial charge in [0.25, 0.3) is 0 Å². The van der Waals surface area contributed by atoms with Crippen LogP contribution in [0.1, 0.15) is 26.2 Å². The fourth-order valence-corrected chi connectivity index (χ4v) is 2.79. The number of halogens is 2. The van der Waals surface area contributed by atoms with Gasteiger partial charge in [0.05, 0.1) is 16.8 Å². The highest BCUT2D eigenvalue weighted by Crippen LogP contribution is 2.25. The van der Waals surface area contributed by atoms with E-state index >= 15 is 0 Å². The van der Waals surface area contributed by atoms with Crippen LogP contribution >= 0.6 is 23.2 Å². The summed E-state index contributed by atoms with van der Waals surface area (Å²) in [5.41, 5.74) is 0.470. The zero-order chi connectivity index (χ0) is 16.8. The lowest BCUT2D eigenvalue weighted by molar-refractivity contribution is -0.130. The fourth-order valence-electron chi connectivity index (χ4n) is 2.45. The predicted molar refractivity (Wildman–Crippen MR) is 90.9 cm³/mol. The van der Waals surface area contributed by atoms with Gasteiger partial charge < -0.3 is 15.0 Å². The van der Waals surface area contributed by atoms with E-state index in [1.54, 1.807) is 23.1 Å². The third-order valence-corrected chi connectivity index (χ3v) is 4.27. The SMILES string of the molecule is CC(=O)N(CCC(=O)Nc1cc(Cl)ccc1Cl)CC1CCCO1. The number of carbonyl (C=O) groups excluding carboxylic acids is 2. The van der Waals surface area contributed by atoms with E-state index in [0.717, 1.165) is 19.4 Å². The minimum Gasteiger partial charge on any atom is -0.376 e. The molecule has 0 aliphatic carbocycles. The van der Waals surface area contributed by atoms with Crippen molar-refractivity contribution >= 4 is 40.7 Å². The fraction of sp³-hybridized carbons (Fsp3) is 0.500. The van der Waals surface area contributed by atoms with Gasteiger partial charge in [-0.05, 0) is 31.0 Å². The monoisotopic (exact) mass is 358 g/mol. The number of nitrogens with one attached hydrogen (secondary N) is 1. The molecule has 1 N–H and O–H groups in total. The Morgan fingerprint density at radius 1 is 1.39 bits per heavy atom. The van der Waals surface area contributed by atoms with Crippen LogP contribution in [-0.2, 0) is 14.3 Å². The Hall–Kier alpha value is -1.30. The van der Waals surface area contributed by atoms with Crippen LogP contribution in [0.2, 0.25) is 10.0 Å². The maximum atomic E-state index is 12.1. The van der Waals surface area contributed by atoms with Gasteiger partial charge in [-0.1, -0.05) is 23.2 Å². The lowest BCUT2D eigenvalue weighted by Gasteiger charge is -2.24. The van der Waals surface area contributed by atoms with Crippen molar-refractivity contribution < 1.29 is 14.3 Å². The van der Waals surface area contributed by atoms with Crippen molar-refractivity contribution in [1.82, 2.24) is 4.90 Å². The first kappa shape index (κ1) is 18.0. The first-order valence-corrected chi connectivity index (χ1v) is 8.33. The molecular formula is C16H20Cl2N2O3. The van der Waals surface area contributed by atoms with E-state index in [1.807, 2.05) is 0 Å². The quantitative estimate of drug-likeness (QED) is 0.848. The second-order valence-electron chi connectivity index (χ2n) is 5.52. The van der Waals surface area contributed by atoms with Crippen LogP contribution in [-0.4, -0.2) is 42.5 Å². The van der Waals surface area contributed by atoms with Crippen LogP contribution in [0.3, 0.4) is 0 Å². The summed E-state index contributed by atoms with van der Waals surface area (Å²) < 4.78 is 5.54. The van der Waals surface area contributed by atoms with E-state index in [1.165, 1.54) is 6.92 Å². The molecule has 1 aliphatic rings. The Bertz CT molecular complexity index is 574. The van der Waals surface area contributed by atoms with Crippen LogP contribution in [0.25, 0.3) is 0 Å². The summed E-state index contributed by atoms with van der Waals surface area (Å²) in [5, 5.41) is 3.63. The highest BCUT2D eigenvalue weighted by Gasteiger charge is 2.21. The van der Waals surface area contributed by atoms with Gasteiger partial charge in [0.15, 0.2) is 0 Å². The average molecular weight is 359 g/mol. The Labute approximate surface area is 145 Å². The van der Waals surface area contributed by atoms with Gasteiger partial charge >= 0.3 is 0 Å². The Morgan fingerprint density at radius 2 is 2.17 bits per heavy atom. The van der Waals surface area contributed by atoms with E-state index < -0.39 is 0 Å². The topological polar surface area (TPSA) is 58.6 Å². The number of amides is 2. The molecule has 1 aliphatic heterocycles. The third kappa shape index (κ3) is 5.68. The molecule has 1 fully saturated rings. The molecule has 2 rings (SSSR count). The maximum absolute atomic E-state index is 12.1. The molecule has 1 unspecified atom stereocenters. The highest BCUT2D eigenvalue weighted by atomic mass is 35.5. The minimum atomic E-state index is -0.215. The van der Waals surface area contributed by atoms with E-state index in [2.05, 4.69) is 5.32 Å². The number of anilines is 1. The second-order valence-corrected chi connectivity index (χ2v) is 6.37. The van der Waals surface area contributed by atoms with Crippen molar-refractivity contribution in [3.63, 3.8) is 0 Å². The van der Waals surface area contributed by atoms with Crippen LogP contribution in [0.5, 0.6) is 0 Å². The number of hydrogen-bond acceptors (Lipinski definition) is 3. The second kappa shape index (κ2) is 8.52. The summed E-state index contributed by atoms with van der Waals surface area (Å²) in [6.07, 6.45) is 2.23. The molecule has 0 aromatic heterocycles. The van der Waals surface area contributed by atoms with Crippen molar-refractivity contribution in [1.29, 1.82) is 0 Å². The van der Waals surface area contributed by atoms with Gasteiger partial charge in [-0.2, -0.15) is 0 Å². The van der Waals surface area contributed by atoms with Gasteiger partial charge in [0.2, 0.25) is 11.8 Å². The summed E-state index contributed by atoms with van der Waals surface area (Å²) in [6, 6.07) is 4.87. The standard InChI is InChI=1S/C16H20Cl2N2O3/c1-11(21)20(10-13-3-2-8-23-13)7-6-16(22)19-15-9-12(17)4-5-14(15)18/h4-5,9,13H,2-3,6-8,10H2,1H3,(H,19,22). The molecule has 1 saturated heterocycles. The molecule has 5 nitrogen and oxygen atoms in total. The van der Waals surface area contributed by atoms with Gasteiger partial charge in [-0.25, -0.2) is 0 Å². The molecule has 23 heavy (non-hydrogen) atoms. The van der Waals surface area contributed by atoms with Crippen molar-refractivity contribution in [3.8, 4) is 0 Å². The minimum absolute atomic E-state index is 0.0610. The van der Waals surface area contributed by atoms with E-state index in [0.29, 0.717) is 28.8 Å². The Morgan fingerprint density at radius 3 is 2.83 bits per heavy atom. The van der Waals surface area contributed by atoms with Crippen molar-refractivity contribution in [2.24, 2.45) is 0 Å². The predicted octanol–water partition coefficient (Wildman–Crippen LogP) is 3.35. The molecule has 1 aromatic carbocycles. The normalized spacial score (nSPS) is 17.1. The summed E-state index contributed by atoms with van der Waals surface area (Å²) in [5.74, 6) is -0.276. The van der Waals surface area contributed by atoms with Gasteiger partial charge in [0.1, 0.15) is 0 Å². The largest absolute Gasteiger partial charge is 0.376 e. The van der Waals surface area contributed by atoms with Crippen LogP contribution in [0.15, 0.2) is 18.2 Å². The number of carbonyl (C=O) groups is 2. The summed E-state index contributed by atoms with van der Waals surface area (Å²) in [7, 11) is 0. The lowest BCUT2D eigenvalue weighted by atomic mass is 10.2. The van der Waals surface area contributed by atoms with Crippen molar-refractivity contribution in [3.05, 3.63) is 28.2 Å². The smallest absolute Gasteiger partial charge is 0.226 e. The van der Waals surface area contributed by atoms with Gasteiger partial charge in [-0.3, -0.25) is 9.59 Å². The summed E-state index contributed by atoms with van der Waals surface area (Å²) in [6.45, 7) is 3.12. The first-order valence-electron chi connectivity index (χ1n) is 7.57. The Balaban J connectivity index is 1.85. The number of ether oxygens (including phenoxy) is 1. The molecule has 7 heteroatoms. The number of rotatable bonds is 6. The molecular weight excluding hydrogens is 339 g/mol. The van der Waals surface area contributed by atoms with E-state index in [9.17, 15) is 9.59 Å². The number of benzene rings is 1. The molecule has 0 saturated carbocycles. The maximum Gasteiger partial charge on any atom is 0.226 e. The Kier molecular flexibility index (Phi) is 6.69. The molecule has 1 aromatic rings. The van der Waals surface area contributed by atoms with Crippen LogP contribution in [0, 0.1) is 0 Å². The third-order valence-electron chi connectivity index (χ3n) is 3.70. The van der Waals surface area contributed by atoms with E-state index in [4.69, 9.17) is 27.9 Å². The van der Waals surface area contributed by atoms with Crippen LogP contribution < -0.4 is 5.32 Å². The van der Waals surface area contributed by atoms with E-state index in [-0.39, 0.29) is 24.3 Å². The van der Waals surface area contributed by atoms with Gasteiger partial charge in [-0.15, -0.1) is 0 Å².